The van der Waals surface area contributed by atoms with Crippen molar-refractivity contribution < 1.29 is 28.7 Å². The first-order chi connectivity index (χ1) is 14.1. The Labute approximate surface area is 179 Å². The molecule has 0 amide bonds. The third-order valence-corrected chi connectivity index (χ3v) is 6.51. The van der Waals surface area contributed by atoms with Gasteiger partial charge in [0.25, 0.3) is 0 Å². The fourth-order valence-electron chi connectivity index (χ4n) is 5.18. The molecular formula is C24H34O6. The van der Waals surface area contributed by atoms with Crippen molar-refractivity contribution in [1.29, 1.82) is 0 Å². The average Bonchev–Trinajstić information content (AvgIpc) is 3.10. The van der Waals surface area contributed by atoms with Gasteiger partial charge in [-0.25, -0.2) is 0 Å². The molecule has 166 valence electrons. The Morgan fingerprint density at radius 2 is 1.60 bits per heavy atom. The highest BCUT2D eigenvalue weighted by Gasteiger charge is 2.55. The number of hydrogen-bond acceptors (Lipinski definition) is 6. The van der Waals surface area contributed by atoms with Gasteiger partial charge in [-0.05, 0) is 45.4 Å². The van der Waals surface area contributed by atoms with Crippen LogP contribution in [0.1, 0.15) is 60.8 Å². The maximum absolute atomic E-state index is 13.0. The van der Waals surface area contributed by atoms with E-state index in [1.165, 1.54) is 19.4 Å². The second-order valence-corrected chi connectivity index (χ2v) is 8.95. The van der Waals surface area contributed by atoms with Crippen LogP contribution in [0.25, 0.3) is 0 Å². The van der Waals surface area contributed by atoms with Crippen molar-refractivity contribution in [2.45, 2.75) is 73.0 Å². The summed E-state index contributed by atoms with van der Waals surface area (Å²) in [5.74, 6) is -2.33. The van der Waals surface area contributed by atoms with Crippen LogP contribution in [-0.4, -0.2) is 36.2 Å². The molecule has 0 saturated heterocycles. The van der Waals surface area contributed by atoms with Crippen molar-refractivity contribution in [3.63, 3.8) is 0 Å². The third-order valence-electron chi connectivity index (χ3n) is 6.51. The van der Waals surface area contributed by atoms with E-state index in [4.69, 9.17) is 9.47 Å². The van der Waals surface area contributed by atoms with E-state index in [9.17, 15) is 19.2 Å². The van der Waals surface area contributed by atoms with Gasteiger partial charge in [0.1, 0.15) is 24.3 Å². The Hall–Kier alpha value is -2.24. The molecule has 0 N–H and O–H groups in total. The number of ether oxygens (including phenoxy) is 2. The molecule has 0 aliphatic heterocycles. The fraction of sp³-hybridized carbons (Fsp3) is 0.667. The standard InChI is InChI=1S/C24H34O6/c1-13(2)8-7-9-14(3)18-10-22(30-17(6)27)19(12-25)24(18)23-15(4)21(11-20(23)28)29-16(5)26/h8-9,12,15,18-19,21-24H,7,10-11H2,1-6H3/b14-9-/t15-,18+,19-,21+,22-,23-,24-/m1/s1. The number of allylic oxidation sites excluding steroid dienone is 4. The number of hydrogen-bond donors (Lipinski definition) is 0. The maximum Gasteiger partial charge on any atom is 0.302 e. The minimum absolute atomic E-state index is 0.0103. The maximum atomic E-state index is 13.0. The molecule has 0 unspecified atom stereocenters. The first-order valence-corrected chi connectivity index (χ1v) is 10.7. The van der Waals surface area contributed by atoms with Gasteiger partial charge in [-0.1, -0.05) is 30.2 Å². The molecule has 6 heteroatoms. The minimum Gasteiger partial charge on any atom is -0.462 e. The van der Waals surface area contributed by atoms with Crippen LogP contribution in [0.3, 0.4) is 0 Å². The molecule has 0 aromatic heterocycles. The number of aldehydes is 1. The number of carbonyl (C=O) groups is 4. The smallest absolute Gasteiger partial charge is 0.302 e. The second-order valence-electron chi connectivity index (χ2n) is 8.95. The molecule has 6 nitrogen and oxygen atoms in total. The lowest BCUT2D eigenvalue weighted by molar-refractivity contribution is -0.151. The van der Waals surface area contributed by atoms with Gasteiger partial charge in [0, 0.05) is 32.1 Å². The largest absolute Gasteiger partial charge is 0.462 e. The highest BCUT2D eigenvalue weighted by molar-refractivity contribution is 5.86. The van der Waals surface area contributed by atoms with Crippen molar-refractivity contribution in [2.24, 2.45) is 29.6 Å². The molecule has 2 saturated carbocycles. The van der Waals surface area contributed by atoms with E-state index in [-0.39, 0.29) is 30.0 Å². The summed E-state index contributed by atoms with van der Waals surface area (Å²) in [4.78, 5) is 48.2. The highest BCUT2D eigenvalue weighted by Crippen LogP contribution is 2.51. The van der Waals surface area contributed by atoms with E-state index >= 15 is 0 Å². The SMILES string of the molecule is CC(=O)O[C@H]1CC(=O)[C@H]([C@H]2[C@H](C=O)[C@H](OC(C)=O)C[C@H]2/C(C)=C\CC=C(C)C)[C@@H]1C. The van der Waals surface area contributed by atoms with Gasteiger partial charge in [0.2, 0.25) is 0 Å². The van der Waals surface area contributed by atoms with Gasteiger partial charge in [0.15, 0.2) is 0 Å². The molecule has 0 radical (unpaired) electrons. The quantitative estimate of drug-likeness (QED) is 0.355. The van der Waals surface area contributed by atoms with Crippen molar-refractivity contribution >= 4 is 24.0 Å². The number of Topliss-reactive ketones (excluding diaryl/α,β-unsaturated/α-hetero) is 1. The average molecular weight is 419 g/mol. The molecule has 2 aliphatic carbocycles. The van der Waals surface area contributed by atoms with Gasteiger partial charge in [0.05, 0.1) is 5.92 Å². The lowest BCUT2D eigenvalue weighted by Crippen LogP contribution is -2.36. The topological polar surface area (TPSA) is 86.7 Å². The Morgan fingerprint density at radius 1 is 1.00 bits per heavy atom. The van der Waals surface area contributed by atoms with Crippen molar-refractivity contribution in [1.82, 2.24) is 0 Å². The molecule has 0 aromatic rings. The summed E-state index contributed by atoms with van der Waals surface area (Å²) in [6.45, 7) is 10.7. The van der Waals surface area contributed by atoms with Gasteiger partial charge >= 0.3 is 11.9 Å². The van der Waals surface area contributed by atoms with Gasteiger partial charge in [-0.2, -0.15) is 0 Å². The van der Waals surface area contributed by atoms with Crippen LogP contribution in [-0.2, 0) is 28.7 Å². The number of ketones is 1. The number of esters is 2. The molecule has 0 bridgehead atoms. The van der Waals surface area contributed by atoms with Gasteiger partial charge < -0.3 is 14.3 Å². The van der Waals surface area contributed by atoms with E-state index in [2.05, 4.69) is 12.2 Å². The van der Waals surface area contributed by atoms with Gasteiger partial charge in [-0.15, -0.1) is 0 Å². The highest BCUT2D eigenvalue weighted by atomic mass is 16.5. The molecule has 0 heterocycles. The predicted molar refractivity (Wildman–Crippen MR) is 112 cm³/mol. The molecular weight excluding hydrogens is 384 g/mol. The van der Waals surface area contributed by atoms with Crippen LogP contribution in [0.5, 0.6) is 0 Å². The zero-order chi connectivity index (χ0) is 22.6. The number of rotatable bonds is 7. The third kappa shape index (κ3) is 5.46. The zero-order valence-electron chi connectivity index (χ0n) is 18.8. The minimum atomic E-state index is -0.557. The normalized spacial score (nSPS) is 33.9. The van der Waals surface area contributed by atoms with Crippen LogP contribution in [0.15, 0.2) is 23.3 Å². The summed E-state index contributed by atoms with van der Waals surface area (Å²) in [6.07, 6.45) is 5.50. The Kier molecular flexibility index (Phi) is 8.16. The summed E-state index contributed by atoms with van der Waals surface area (Å²) in [5, 5.41) is 0. The van der Waals surface area contributed by atoms with Crippen LogP contribution < -0.4 is 0 Å². The molecule has 2 aliphatic rings. The van der Waals surface area contributed by atoms with E-state index in [1.807, 2.05) is 27.7 Å². The Bertz CT molecular complexity index is 745. The van der Waals surface area contributed by atoms with E-state index < -0.39 is 36.0 Å². The fourth-order valence-corrected chi connectivity index (χ4v) is 5.18. The lowest BCUT2D eigenvalue weighted by atomic mass is 9.72. The second kappa shape index (κ2) is 10.2. The van der Waals surface area contributed by atoms with E-state index in [1.54, 1.807) is 0 Å². The summed E-state index contributed by atoms with van der Waals surface area (Å²) in [6, 6.07) is 0. The van der Waals surface area contributed by atoms with Crippen molar-refractivity contribution in [2.75, 3.05) is 0 Å². The van der Waals surface area contributed by atoms with E-state index in [0.29, 0.717) is 6.42 Å². The Balaban J connectivity index is 2.39. The molecule has 2 rings (SSSR count). The van der Waals surface area contributed by atoms with E-state index in [0.717, 1.165) is 18.3 Å². The van der Waals surface area contributed by atoms with Crippen LogP contribution in [0, 0.1) is 29.6 Å². The molecule has 2 fully saturated rings. The first-order valence-electron chi connectivity index (χ1n) is 10.7. The van der Waals surface area contributed by atoms with Crippen LogP contribution in [0.4, 0.5) is 0 Å². The molecule has 30 heavy (non-hydrogen) atoms. The molecule has 0 aromatic carbocycles. The number of carbonyl (C=O) groups excluding carboxylic acids is 4. The summed E-state index contributed by atoms with van der Waals surface area (Å²) in [7, 11) is 0. The molecule has 0 spiro atoms. The first kappa shape index (κ1) is 24.0. The summed E-state index contributed by atoms with van der Waals surface area (Å²) < 4.78 is 10.9. The molecule has 7 atom stereocenters. The van der Waals surface area contributed by atoms with Crippen LogP contribution in [0.2, 0.25) is 0 Å². The summed E-state index contributed by atoms with van der Waals surface area (Å²) >= 11 is 0. The summed E-state index contributed by atoms with van der Waals surface area (Å²) in [5.41, 5.74) is 2.31. The van der Waals surface area contributed by atoms with Crippen LogP contribution >= 0.6 is 0 Å². The zero-order valence-corrected chi connectivity index (χ0v) is 18.8. The van der Waals surface area contributed by atoms with Crippen molar-refractivity contribution in [3.05, 3.63) is 23.3 Å². The predicted octanol–water partition coefficient (Wildman–Crippen LogP) is 3.83. The lowest BCUT2D eigenvalue weighted by Gasteiger charge is -2.31. The van der Waals surface area contributed by atoms with Crippen molar-refractivity contribution in [3.8, 4) is 0 Å². The monoisotopic (exact) mass is 418 g/mol. The van der Waals surface area contributed by atoms with Gasteiger partial charge in [-0.3, -0.25) is 14.4 Å². The Morgan fingerprint density at radius 3 is 2.13 bits per heavy atom.